The zero-order valence-corrected chi connectivity index (χ0v) is 17.6. The van der Waals surface area contributed by atoms with Gasteiger partial charge < -0.3 is 24.8 Å². The van der Waals surface area contributed by atoms with Crippen molar-refractivity contribution in [3.63, 3.8) is 0 Å². The van der Waals surface area contributed by atoms with E-state index in [1.165, 1.54) is 0 Å². The minimum Gasteiger partial charge on any atom is -0.492 e. The van der Waals surface area contributed by atoms with Gasteiger partial charge in [0, 0.05) is 30.8 Å². The van der Waals surface area contributed by atoms with E-state index in [2.05, 4.69) is 24.5 Å². The number of rotatable bonds is 13. The Morgan fingerprint density at radius 2 is 1.62 bits per heavy atom. The predicted molar refractivity (Wildman–Crippen MR) is 115 cm³/mol. The summed E-state index contributed by atoms with van der Waals surface area (Å²) in [7, 11) is 0. The molecule has 0 aliphatic carbocycles. The molecule has 29 heavy (non-hydrogen) atoms. The summed E-state index contributed by atoms with van der Waals surface area (Å²) < 4.78 is 16.8. The van der Waals surface area contributed by atoms with Gasteiger partial charge in [0.25, 0.3) is 5.91 Å². The van der Waals surface area contributed by atoms with Crippen LogP contribution in [0.25, 0.3) is 0 Å². The number of hydrogen-bond donors (Lipinski definition) is 2. The Labute approximate surface area is 173 Å². The molecule has 0 fully saturated rings. The van der Waals surface area contributed by atoms with Gasteiger partial charge >= 0.3 is 0 Å². The third-order valence-corrected chi connectivity index (χ3v) is 4.07. The average molecular weight is 401 g/mol. The fourth-order valence-electron chi connectivity index (χ4n) is 2.58. The van der Waals surface area contributed by atoms with Gasteiger partial charge in [-0.2, -0.15) is 0 Å². The van der Waals surface area contributed by atoms with E-state index >= 15 is 0 Å². The summed E-state index contributed by atoms with van der Waals surface area (Å²) in [5.41, 5.74) is 1.67. The fourth-order valence-corrected chi connectivity index (χ4v) is 2.58. The topological polar surface area (TPSA) is 68.8 Å². The van der Waals surface area contributed by atoms with Crippen molar-refractivity contribution in [2.24, 2.45) is 0 Å². The van der Waals surface area contributed by atoms with Gasteiger partial charge in [-0.05, 0) is 36.8 Å². The maximum Gasteiger partial charge on any atom is 0.251 e. The van der Waals surface area contributed by atoms with Crippen molar-refractivity contribution in [2.45, 2.75) is 33.4 Å². The molecule has 0 spiro atoms. The van der Waals surface area contributed by atoms with Crippen LogP contribution in [0.2, 0.25) is 0 Å². The highest BCUT2D eigenvalue weighted by atomic mass is 16.5. The van der Waals surface area contributed by atoms with Crippen LogP contribution in [0.4, 0.5) is 0 Å². The summed E-state index contributed by atoms with van der Waals surface area (Å²) in [5, 5.41) is 6.17. The van der Waals surface area contributed by atoms with Gasteiger partial charge in [0.15, 0.2) is 0 Å². The highest BCUT2D eigenvalue weighted by Gasteiger charge is 2.05. The molecule has 6 nitrogen and oxygen atoms in total. The van der Waals surface area contributed by atoms with Crippen molar-refractivity contribution in [3.05, 3.63) is 59.7 Å². The van der Waals surface area contributed by atoms with E-state index in [0.717, 1.165) is 17.9 Å². The first-order valence-electron chi connectivity index (χ1n) is 10.1. The van der Waals surface area contributed by atoms with Crippen molar-refractivity contribution >= 4 is 5.91 Å². The third kappa shape index (κ3) is 8.98. The predicted octanol–water partition coefficient (Wildman–Crippen LogP) is 3.41. The molecular formula is C23H32N2O4. The molecule has 6 heteroatoms. The van der Waals surface area contributed by atoms with Crippen LogP contribution in [-0.4, -0.2) is 44.9 Å². The van der Waals surface area contributed by atoms with Gasteiger partial charge in [-0.15, -0.1) is 0 Å². The molecule has 0 aliphatic rings. The summed E-state index contributed by atoms with van der Waals surface area (Å²) in [6.45, 7) is 9.59. The van der Waals surface area contributed by atoms with Crippen LogP contribution in [0, 0.1) is 0 Å². The quantitative estimate of drug-likeness (QED) is 0.504. The standard InChI is InChI=1S/C23H32N2O4/c1-4-27-17-19-8-10-20(11-9-19)23(26)25-13-15-29-22-7-5-6-21(16-22)28-14-12-24-18(2)3/h5-11,16,18,24H,4,12-15,17H2,1-3H3,(H,25,26). The molecule has 0 bridgehead atoms. The van der Waals surface area contributed by atoms with E-state index in [9.17, 15) is 4.79 Å². The first-order valence-corrected chi connectivity index (χ1v) is 10.1. The van der Waals surface area contributed by atoms with Crippen LogP contribution in [0.5, 0.6) is 11.5 Å². The molecule has 0 saturated carbocycles. The Balaban J connectivity index is 1.69. The van der Waals surface area contributed by atoms with E-state index in [-0.39, 0.29) is 5.91 Å². The molecule has 2 rings (SSSR count). The van der Waals surface area contributed by atoms with Crippen LogP contribution in [-0.2, 0) is 11.3 Å². The number of carbonyl (C=O) groups is 1. The van der Waals surface area contributed by atoms with Gasteiger partial charge in [-0.25, -0.2) is 0 Å². The molecule has 2 aromatic rings. The zero-order chi connectivity index (χ0) is 20.9. The summed E-state index contributed by atoms with van der Waals surface area (Å²) in [6.07, 6.45) is 0. The first-order chi connectivity index (χ1) is 14.1. The number of nitrogens with one attached hydrogen (secondary N) is 2. The van der Waals surface area contributed by atoms with Crippen LogP contribution in [0.1, 0.15) is 36.7 Å². The molecule has 0 unspecified atom stereocenters. The Hall–Kier alpha value is -2.57. The lowest BCUT2D eigenvalue weighted by atomic mass is 10.1. The summed E-state index contributed by atoms with van der Waals surface area (Å²) in [4.78, 5) is 12.2. The van der Waals surface area contributed by atoms with E-state index in [1.54, 1.807) is 12.1 Å². The third-order valence-electron chi connectivity index (χ3n) is 4.07. The minimum absolute atomic E-state index is 0.119. The Morgan fingerprint density at radius 1 is 0.966 bits per heavy atom. The second-order valence-electron chi connectivity index (χ2n) is 6.87. The molecule has 0 atom stereocenters. The molecule has 1 amide bonds. The molecule has 0 aromatic heterocycles. The van der Waals surface area contributed by atoms with Gasteiger partial charge in [0.05, 0.1) is 13.2 Å². The van der Waals surface area contributed by atoms with Crippen molar-refractivity contribution in [3.8, 4) is 11.5 Å². The molecule has 158 valence electrons. The largest absolute Gasteiger partial charge is 0.492 e. The second-order valence-corrected chi connectivity index (χ2v) is 6.87. The summed E-state index contributed by atoms with van der Waals surface area (Å²) in [5.74, 6) is 1.37. The number of amides is 1. The van der Waals surface area contributed by atoms with Gasteiger partial charge in [0.1, 0.15) is 24.7 Å². The molecule has 0 aliphatic heterocycles. The lowest BCUT2D eigenvalue weighted by Crippen LogP contribution is -2.28. The molecule has 2 aromatic carbocycles. The van der Waals surface area contributed by atoms with Gasteiger partial charge in [-0.1, -0.05) is 32.0 Å². The lowest BCUT2D eigenvalue weighted by molar-refractivity contribution is 0.0946. The van der Waals surface area contributed by atoms with E-state index < -0.39 is 0 Å². The first kappa shape index (κ1) is 22.7. The zero-order valence-electron chi connectivity index (χ0n) is 17.6. The molecule has 0 radical (unpaired) electrons. The highest BCUT2D eigenvalue weighted by molar-refractivity contribution is 5.94. The fraction of sp³-hybridized carbons (Fsp3) is 0.435. The van der Waals surface area contributed by atoms with E-state index in [4.69, 9.17) is 14.2 Å². The van der Waals surface area contributed by atoms with Crippen molar-refractivity contribution in [2.75, 3.05) is 32.9 Å². The normalized spacial score (nSPS) is 10.8. The van der Waals surface area contributed by atoms with Crippen LogP contribution in [0.3, 0.4) is 0 Å². The van der Waals surface area contributed by atoms with Gasteiger partial charge in [0.2, 0.25) is 0 Å². The Kier molecular flexibility index (Phi) is 10.0. The van der Waals surface area contributed by atoms with Crippen molar-refractivity contribution < 1.29 is 19.0 Å². The number of benzene rings is 2. The second kappa shape index (κ2) is 12.8. The highest BCUT2D eigenvalue weighted by Crippen LogP contribution is 2.19. The SMILES string of the molecule is CCOCc1ccc(C(=O)NCCOc2cccc(OCCNC(C)C)c2)cc1. The number of carbonyl (C=O) groups excluding carboxylic acids is 1. The number of hydrogen-bond acceptors (Lipinski definition) is 5. The van der Waals surface area contributed by atoms with Crippen molar-refractivity contribution in [1.29, 1.82) is 0 Å². The Morgan fingerprint density at radius 3 is 2.24 bits per heavy atom. The van der Waals surface area contributed by atoms with Crippen LogP contribution in [0.15, 0.2) is 48.5 Å². The van der Waals surface area contributed by atoms with E-state index in [1.807, 2.05) is 43.3 Å². The molecule has 0 saturated heterocycles. The average Bonchev–Trinajstić information content (AvgIpc) is 2.73. The van der Waals surface area contributed by atoms with Gasteiger partial charge in [-0.3, -0.25) is 4.79 Å². The minimum atomic E-state index is -0.119. The molecule has 0 heterocycles. The number of ether oxygens (including phenoxy) is 3. The maximum absolute atomic E-state index is 12.2. The molecular weight excluding hydrogens is 368 g/mol. The van der Waals surface area contributed by atoms with Crippen LogP contribution < -0.4 is 20.1 Å². The van der Waals surface area contributed by atoms with E-state index in [0.29, 0.717) is 50.3 Å². The molecule has 2 N–H and O–H groups in total. The Bertz CT molecular complexity index is 732. The lowest BCUT2D eigenvalue weighted by Gasteiger charge is -2.11. The monoisotopic (exact) mass is 400 g/mol. The summed E-state index contributed by atoms with van der Waals surface area (Å²) >= 11 is 0. The summed E-state index contributed by atoms with van der Waals surface area (Å²) in [6, 6.07) is 15.4. The van der Waals surface area contributed by atoms with Crippen molar-refractivity contribution in [1.82, 2.24) is 10.6 Å². The smallest absolute Gasteiger partial charge is 0.251 e. The van der Waals surface area contributed by atoms with Crippen LogP contribution >= 0.6 is 0 Å². The maximum atomic E-state index is 12.2.